The Labute approximate surface area is 164 Å². The van der Waals surface area contributed by atoms with Crippen LogP contribution in [0.3, 0.4) is 0 Å². The molecule has 28 heavy (non-hydrogen) atoms. The molecule has 0 aromatic carbocycles. The normalized spacial score (nSPS) is 21.4. The number of hydrogen-bond donors (Lipinski definition) is 0. The first-order chi connectivity index (χ1) is 13.6. The van der Waals surface area contributed by atoms with E-state index in [9.17, 15) is 4.79 Å². The van der Waals surface area contributed by atoms with Crippen molar-refractivity contribution in [2.24, 2.45) is 0 Å². The molecule has 2 aromatic heterocycles. The molecule has 9 nitrogen and oxygen atoms in total. The number of hydrogen-bond acceptors (Lipinski definition) is 8. The summed E-state index contributed by atoms with van der Waals surface area (Å²) >= 11 is 0. The summed E-state index contributed by atoms with van der Waals surface area (Å²) < 4.78 is 12.3. The number of piperidine rings is 1. The highest BCUT2D eigenvalue weighted by molar-refractivity contribution is 5.43. The quantitative estimate of drug-likeness (QED) is 0.760. The molecule has 9 heteroatoms. The summed E-state index contributed by atoms with van der Waals surface area (Å²) in [5.41, 5.74) is 0.836. The molecule has 2 saturated heterocycles. The van der Waals surface area contributed by atoms with Crippen LogP contribution in [-0.4, -0.2) is 64.2 Å². The Bertz CT molecular complexity index is 842. The van der Waals surface area contributed by atoms with Crippen molar-refractivity contribution in [3.63, 3.8) is 0 Å². The second-order valence-corrected chi connectivity index (χ2v) is 7.83. The lowest BCUT2D eigenvalue weighted by Crippen LogP contribution is -2.41. The first-order valence-electron chi connectivity index (χ1n) is 10.1. The van der Waals surface area contributed by atoms with Crippen molar-refractivity contribution < 1.29 is 9.26 Å². The van der Waals surface area contributed by atoms with E-state index in [4.69, 9.17) is 9.26 Å². The van der Waals surface area contributed by atoms with Crippen LogP contribution in [0.15, 0.2) is 21.6 Å². The van der Waals surface area contributed by atoms with Gasteiger partial charge in [0.1, 0.15) is 0 Å². The van der Waals surface area contributed by atoms with E-state index in [1.165, 1.54) is 0 Å². The van der Waals surface area contributed by atoms with Crippen molar-refractivity contribution in [2.45, 2.75) is 45.2 Å². The third-order valence-corrected chi connectivity index (χ3v) is 5.36. The van der Waals surface area contributed by atoms with Gasteiger partial charge in [0.2, 0.25) is 5.89 Å². The number of rotatable bonds is 5. The molecule has 2 aromatic rings. The summed E-state index contributed by atoms with van der Waals surface area (Å²) in [5, 5.41) is 8.57. The number of aromatic nitrogens is 4. The van der Waals surface area contributed by atoms with Gasteiger partial charge in [-0.3, -0.25) is 9.69 Å². The third-order valence-electron chi connectivity index (χ3n) is 5.36. The van der Waals surface area contributed by atoms with Crippen molar-refractivity contribution in [1.29, 1.82) is 0 Å². The first kappa shape index (κ1) is 19.1. The van der Waals surface area contributed by atoms with Crippen LogP contribution in [-0.2, 0) is 11.3 Å². The summed E-state index contributed by atoms with van der Waals surface area (Å²) in [6, 6.07) is 1.77. The monoisotopic (exact) mass is 388 g/mol. The zero-order chi connectivity index (χ0) is 19.5. The molecule has 0 amide bonds. The average molecular weight is 388 g/mol. The molecule has 4 heterocycles. The lowest BCUT2D eigenvalue weighted by atomic mass is 10.1. The largest absolute Gasteiger partial charge is 0.378 e. The standard InChI is InChI=1S/C19H28N6O3/c1-14(2)19-21-17(22-28-19)13-23-5-3-4-15(12-23)25-18(26)10-16(11-20-25)24-6-8-27-9-7-24/h10-11,14-15H,3-9,12-13H2,1-2H3/t15-/m0/s1. The Morgan fingerprint density at radius 1 is 1.25 bits per heavy atom. The van der Waals surface area contributed by atoms with Crippen LogP contribution in [0.1, 0.15) is 50.4 Å². The second kappa shape index (κ2) is 8.40. The molecular formula is C19H28N6O3. The van der Waals surface area contributed by atoms with Gasteiger partial charge < -0.3 is 14.2 Å². The fourth-order valence-electron chi connectivity index (χ4n) is 3.82. The maximum atomic E-state index is 12.7. The smallest absolute Gasteiger partial charge is 0.269 e. The maximum Gasteiger partial charge on any atom is 0.269 e. The maximum absolute atomic E-state index is 12.7. The minimum absolute atomic E-state index is 0.0440. The predicted molar refractivity (Wildman–Crippen MR) is 103 cm³/mol. The molecule has 2 aliphatic heterocycles. The van der Waals surface area contributed by atoms with Crippen LogP contribution in [0.5, 0.6) is 0 Å². The Balaban J connectivity index is 1.43. The van der Waals surface area contributed by atoms with Crippen LogP contribution >= 0.6 is 0 Å². The average Bonchev–Trinajstić information content (AvgIpc) is 3.18. The fraction of sp³-hybridized carbons (Fsp3) is 0.684. The second-order valence-electron chi connectivity index (χ2n) is 7.83. The van der Waals surface area contributed by atoms with E-state index in [0.29, 0.717) is 31.5 Å². The molecule has 4 rings (SSSR count). The van der Waals surface area contributed by atoms with E-state index < -0.39 is 0 Å². The lowest BCUT2D eigenvalue weighted by Gasteiger charge is -2.32. The van der Waals surface area contributed by atoms with Crippen LogP contribution < -0.4 is 10.5 Å². The van der Waals surface area contributed by atoms with Gasteiger partial charge in [0.25, 0.3) is 5.56 Å². The summed E-state index contributed by atoms with van der Waals surface area (Å²) in [4.78, 5) is 21.6. The van der Waals surface area contributed by atoms with Crippen LogP contribution in [0, 0.1) is 0 Å². The van der Waals surface area contributed by atoms with Gasteiger partial charge in [-0.15, -0.1) is 0 Å². The highest BCUT2D eigenvalue weighted by Crippen LogP contribution is 2.22. The van der Waals surface area contributed by atoms with E-state index in [0.717, 1.165) is 44.7 Å². The molecule has 0 N–H and O–H groups in total. The Hall–Kier alpha value is -2.26. The molecule has 0 spiro atoms. The number of anilines is 1. The molecule has 0 aliphatic carbocycles. The van der Waals surface area contributed by atoms with Crippen molar-refractivity contribution >= 4 is 5.69 Å². The Morgan fingerprint density at radius 3 is 2.79 bits per heavy atom. The molecule has 0 saturated carbocycles. The first-order valence-corrected chi connectivity index (χ1v) is 10.1. The van der Waals surface area contributed by atoms with Crippen LogP contribution in [0.4, 0.5) is 5.69 Å². The molecule has 2 fully saturated rings. The number of nitrogens with zero attached hydrogens (tertiary/aromatic N) is 6. The van der Waals surface area contributed by atoms with Crippen LogP contribution in [0.2, 0.25) is 0 Å². The van der Waals surface area contributed by atoms with Gasteiger partial charge in [-0.2, -0.15) is 10.1 Å². The van der Waals surface area contributed by atoms with Gasteiger partial charge in [-0.1, -0.05) is 19.0 Å². The van der Waals surface area contributed by atoms with Crippen molar-refractivity contribution in [2.75, 3.05) is 44.3 Å². The molecule has 0 radical (unpaired) electrons. The Kier molecular flexibility index (Phi) is 5.72. The van der Waals surface area contributed by atoms with Crippen molar-refractivity contribution in [1.82, 2.24) is 24.8 Å². The summed E-state index contributed by atoms with van der Waals surface area (Å²) in [6.45, 7) is 9.40. The van der Waals surface area contributed by atoms with E-state index in [1.807, 2.05) is 13.8 Å². The highest BCUT2D eigenvalue weighted by atomic mass is 16.5. The molecule has 2 aliphatic rings. The minimum atomic E-state index is -0.0440. The van der Waals surface area contributed by atoms with E-state index >= 15 is 0 Å². The minimum Gasteiger partial charge on any atom is -0.378 e. The predicted octanol–water partition coefficient (Wildman–Crippen LogP) is 1.42. The van der Waals surface area contributed by atoms with Gasteiger partial charge >= 0.3 is 0 Å². The molecule has 152 valence electrons. The van der Waals surface area contributed by atoms with Gasteiger partial charge in [0, 0.05) is 31.6 Å². The van der Waals surface area contributed by atoms with Crippen molar-refractivity contribution in [3.05, 3.63) is 34.3 Å². The highest BCUT2D eigenvalue weighted by Gasteiger charge is 2.25. The molecule has 1 atom stereocenters. The molecule has 0 unspecified atom stereocenters. The summed E-state index contributed by atoms with van der Waals surface area (Å²) in [6.07, 6.45) is 3.77. The van der Waals surface area contributed by atoms with Crippen LogP contribution in [0.25, 0.3) is 0 Å². The van der Waals surface area contributed by atoms with Gasteiger partial charge in [0.05, 0.1) is 37.7 Å². The number of ether oxygens (including phenoxy) is 1. The fourth-order valence-corrected chi connectivity index (χ4v) is 3.82. The number of morpholine rings is 1. The van der Waals surface area contributed by atoms with E-state index in [-0.39, 0.29) is 17.5 Å². The van der Waals surface area contributed by atoms with Gasteiger partial charge in [0.15, 0.2) is 5.82 Å². The van der Waals surface area contributed by atoms with Gasteiger partial charge in [-0.05, 0) is 19.4 Å². The molecular weight excluding hydrogens is 360 g/mol. The summed E-state index contributed by atoms with van der Waals surface area (Å²) in [5.74, 6) is 1.59. The third kappa shape index (κ3) is 4.25. The van der Waals surface area contributed by atoms with E-state index in [2.05, 4.69) is 25.0 Å². The SMILES string of the molecule is CC(C)c1nc(CN2CCC[C@H](n3ncc(N4CCOCC4)cc3=O)C2)no1. The number of likely N-dealkylation sites (tertiary alicyclic amines) is 1. The lowest BCUT2D eigenvalue weighted by molar-refractivity contribution is 0.122. The zero-order valence-electron chi connectivity index (χ0n) is 16.6. The Morgan fingerprint density at radius 2 is 2.07 bits per heavy atom. The summed E-state index contributed by atoms with van der Waals surface area (Å²) in [7, 11) is 0. The van der Waals surface area contributed by atoms with Crippen molar-refractivity contribution in [3.8, 4) is 0 Å². The molecule has 0 bridgehead atoms. The zero-order valence-corrected chi connectivity index (χ0v) is 16.6. The van der Waals surface area contributed by atoms with E-state index in [1.54, 1.807) is 16.9 Å². The van der Waals surface area contributed by atoms with Gasteiger partial charge in [-0.25, -0.2) is 4.68 Å². The topological polar surface area (TPSA) is 89.5 Å².